The number of imidazole rings is 1. The summed E-state index contributed by atoms with van der Waals surface area (Å²) in [6.07, 6.45) is 12.9. The Morgan fingerprint density at radius 3 is 3.25 bits per heavy atom. The fourth-order valence-electron chi connectivity index (χ4n) is 2.12. The average Bonchev–Trinajstić information content (AvgIpc) is 2.82. The van der Waals surface area contributed by atoms with Gasteiger partial charge in [-0.15, -0.1) is 0 Å². The number of aromatic nitrogens is 2. The minimum atomic E-state index is 0.311. The number of hydrogen-bond donors (Lipinski definition) is 1. The molecule has 1 aromatic rings. The van der Waals surface area contributed by atoms with Crippen molar-refractivity contribution in [3.63, 3.8) is 0 Å². The molecule has 0 amide bonds. The summed E-state index contributed by atoms with van der Waals surface area (Å²) >= 11 is 0. The Labute approximate surface area is 94.4 Å². The van der Waals surface area contributed by atoms with Crippen LogP contribution in [0.2, 0.25) is 0 Å². The van der Waals surface area contributed by atoms with E-state index in [0.29, 0.717) is 12.1 Å². The molecule has 16 heavy (non-hydrogen) atoms. The van der Waals surface area contributed by atoms with E-state index in [9.17, 15) is 0 Å². The monoisotopic (exact) mass is 214 g/mol. The zero-order chi connectivity index (χ0) is 11.0. The molecule has 3 heterocycles. The van der Waals surface area contributed by atoms with E-state index in [-0.39, 0.29) is 0 Å². The third-order valence-corrected chi connectivity index (χ3v) is 2.99. The van der Waals surface area contributed by atoms with Crippen LogP contribution in [0.4, 0.5) is 0 Å². The van der Waals surface area contributed by atoms with Crippen LogP contribution in [0.25, 0.3) is 0 Å². The third-order valence-electron chi connectivity index (χ3n) is 2.99. The first-order valence-electron chi connectivity index (χ1n) is 5.50. The van der Waals surface area contributed by atoms with Gasteiger partial charge in [0.15, 0.2) is 0 Å². The lowest BCUT2D eigenvalue weighted by atomic mass is 9.98. The molecule has 3 rings (SSSR count). The van der Waals surface area contributed by atoms with Crippen LogP contribution in [0.1, 0.15) is 13.3 Å². The molecule has 82 valence electrons. The van der Waals surface area contributed by atoms with Gasteiger partial charge in [0.25, 0.3) is 0 Å². The van der Waals surface area contributed by atoms with Crippen molar-refractivity contribution in [2.45, 2.75) is 25.4 Å². The maximum atomic E-state index is 4.73. The van der Waals surface area contributed by atoms with Crippen LogP contribution in [0.3, 0.4) is 0 Å². The molecule has 2 unspecified atom stereocenters. The van der Waals surface area contributed by atoms with E-state index in [4.69, 9.17) is 4.99 Å². The molecule has 1 N–H and O–H groups in total. The van der Waals surface area contributed by atoms with Gasteiger partial charge in [-0.25, -0.2) is 4.98 Å². The van der Waals surface area contributed by atoms with Crippen molar-refractivity contribution in [2.75, 3.05) is 0 Å². The van der Waals surface area contributed by atoms with E-state index in [0.717, 1.165) is 12.3 Å². The fourth-order valence-corrected chi connectivity index (χ4v) is 2.12. The van der Waals surface area contributed by atoms with Crippen molar-refractivity contribution in [1.29, 1.82) is 0 Å². The second kappa shape index (κ2) is 3.63. The lowest BCUT2D eigenvalue weighted by Crippen LogP contribution is -2.41. The summed E-state index contributed by atoms with van der Waals surface area (Å²) < 4.78 is 1.94. The highest BCUT2D eigenvalue weighted by Crippen LogP contribution is 2.18. The fraction of sp³-hybridized carbons (Fsp3) is 0.333. The number of aliphatic imine (C=N–C) groups is 1. The number of fused-ring (bicyclic) bond motifs is 1. The van der Waals surface area contributed by atoms with E-state index in [1.165, 1.54) is 5.70 Å². The van der Waals surface area contributed by atoms with Gasteiger partial charge in [-0.1, -0.05) is 12.2 Å². The van der Waals surface area contributed by atoms with Crippen LogP contribution < -0.4 is 5.32 Å². The molecule has 0 radical (unpaired) electrons. The Kier molecular flexibility index (Phi) is 2.13. The number of nitrogens with one attached hydrogen (secondary N) is 1. The molecule has 0 saturated heterocycles. The number of dihydropyridines is 1. The molecule has 2 aliphatic rings. The Balaban J connectivity index is 1.89. The lowest BCUT2D eigenvalue weighted by molar-refractivity contribution is 0.504. The zero-order valence-electron chi connectivity index (χ0n) is 9.17. The molecular formula is C12H14N4. The standard InChI is InChI=1S/C12H14N4/c1-9-2-3-11-10(14-9)4-5-12(15-11)16-7-6-13-8-16/h2,4-8,10-11,14H,3H2,1H3. The number of allylic oxidation sites excluding steroid dienone is 2. The largest absolute Gasteiger partial charge is 0.380 e. The molecule has 0 aliphatic carbocycles. The summed E-state index contributed by atoms with van der Waals surface area (Å²) in [6.45, 7) is 2.10. The van der Waals surface area contributed by atoms with E-state index < -0.39 is 0 Å². The van der Waals surface area contributed by atoms with Gasteiger partial charge < -0.3 is 5.32 Å². The summed E-state index contributed by atoms with van der Waals surface area (Å²) in [6, 6.07) is 0.656. The maximum Gasteiger partial charge on any atom is 0.133 e. The maximum absolute atomic E-state index is 4.73. The molecule has 2 atom stereocenters. The number of nitrogens with zero attached hydrogens (tertiary/aromatic N) is 3. The van der Waals surface area contributed by atoms with Crippen molar-refractivity contribution < 1.29 is 0 Å². The Morgan fingerprint density at radius 1 is 1.50 bits per heavy atom. The quantitative estimate of drug-likeness (QED) is 0.708. The molecule has 0 saturated carbocycles. The first-order valence-corrected chi connectivity index (χ1v) is 5.50. The van der Waals surface area contributed by atoms with Crippen LogP contribution >= 0.6 is 0 Å². The molecule has 2 aliphatic heterocycles. The van der Waals surface area contributed by atoms with Gasteiger partial charge in [0, 0.05) is 18.1 Å². The SMILES string of the molecule is CC1=CCC2N=C(n3ccnc3)C=CC2N1. The van der Waals surface area contributed by atoms with Crippen LogP contribution in [-0.2, 0) is 0 Å². The van der Waals surface area contributed by atoms with Crippen molar-refractivity contribution in [3.05, 3.63) is 42.6 Å². The highest BCUT2D eigenvalue weighted by atomic mass is 15.1. The Hall–Kier alpha value is -1.84. The molecule has 0 bridgehead atoms. The molecule has 0 spiro atoms. The number of rotatable bonds is 0. The average molecular weight is 214 g/mol. The molecule has 4 heteroatoms. The van der Waals surface area contributed by atoms with Gasteiger partial charge in [0.2, 0.25) is 0 Å². The van der Waals surface area contributed by atoms with E-state index in [1.54, 1.807) is 12.5 Å². The second-order valence-electron chi connectivity index (χ2n) is 4.18. The van der Waals surface area contributed by atoms with E-state index in [2.05, 4.69) is 35.5 Å². The lowest BCUT2D eigenvalue weighted by Gasteiger charge is -2.30. The van der Waals surface area contributed by atoms with Crippen molar-refractivity contribution >= 4 is 5.84 Å². The zero-order valence-corrected chi connectivity index (χ0v) is 9.17. The van der Waals surface area contributed by atoms with Crippen LogP contribution in [0.15, 0.2) is 47.6 Å². The van der Waals surface area contributed by atoms with Gasteiger partial charge in [-0.2, -0.15) is 0 Å². The summed E-state index contributed by atoms with van der Waals surface area (Å²) in [4.78, 5) is 8.76. The van der Waals surface area contributed by atoms with E-state index >= 15 is 0 Å². The van der Waals surface area contributed by atoms with Gasteiger partial charge in [-0.05, 0) is 19.4 Å². The smallest absolute Gasteiger partial charge is 0.133 e. The Morgan fingerprint density at radius 2 is 2.44 bits per heavy atom. The molecule has 0 aromatic carbocycles. The Bertz CT molecular complexity index is 467. The number of hydrogen-bond acceptors (Lipinski definition) is 3. The van der Waals surface area contributed by atoms with Crippen LogP contribution in [0.5, 0.6) is 0 Å². The first kappa shape index (κ1) is 9.39. The highest BCUT2D eigenvalue weighted by Gasteiger charge is 2.24. The normalized spacial score (nSPS) is 27.8. The third kappa shape index (κ3) is 1.56. The van der Waals surface area contributed by atoms with Crippen LogP contribution in [0, 0.1) is 0 Å². The van der Waals surface area contributed by atoms with Crippen molar-refractivity contribution in [3.8, 4) is 0 Å². The van der Waals surface area contributed by atoms with Gasteiger partial charge in [0.1, 0.15) is 12.2 Å². The van der Waals surface area contributed by atoms with E-state index in [1.807, 2.05) is 10.8 Å². The van der Waals surface area contributed by atoms with Gasteiger partial charge in [0.05, 0.1) is 12.1 Å². The predicted octanol–water partition coefficient (Wildman–Crippen LogP) is 1.33. The minimum absolute atomic E-state index is 0.311. The minimum Gasteiger partial charge on any atom is -0.380 e. The van der Waals surface area contributed by atoms with Gasteiger partial charge in [-0.3, -0.25) is 9.56 Å². The molecule has 4 nitrogen and oxygen atoms in total. The van der Waals surface area contributed by atoms with Crippen molar-refractivity contribution in [2.24, 2.45) is 4.99 Å². The van der Waals surface area contributed by atoms with Gasteiger partial charge >= 0.3 is 0 Å². The molecular weight excluding hydrogens is 200 g/mol. The summed E-state index contributed by atoms with van der Waals surface area (Å²) in [5, 5.41) is 3.43. The van der Waals surface area contributed by atoms with Crippen molar-refractivity contribution in [1.82, 2.24) is 14.9 Å². The summed E-state index contributed by atoms with van der Waals surface area (Å²) in [7, 11) is 0. The topological polar surface area (TPSA) is 42.2 Å². The van der Waals surface area contributed by atoms with Crippen LogP contribution in [-0.4, -0.2) is 27.5 Å². The first-order chi connectivity index (χ1) is 7.83. The predicted molar refractivity (Wildman–Crippen MR) is 63.3 cm³/mol. The summed E-state index contributed by atoms with van der Waals surface area (Å²) in [5.74, 6) is 0.966. The molecule has 1 aromatic heterocycles. The summed E-state index contributed by atoms with van der Waals surface area (Å²) in [5.41, 5.74) is 1.24. The second-order valence-corrected chi connectivity index (χ2v) is 4.18. The molecule has 0 fully saturated rings. The highest BCUT2D eigenvalue weighted by molar-refractivity contribution is 5.95.